The van der Waals surface area contributed by atoms with E-state index in [1.807, 2.05) is 6.08 Å². The van der Waals surface area contributed by atoms with Crippen molar-refractivity contribution >= 4 is 0 Å². The first-order valence-electron chi connectivity index (χ1n) is 4.27. The van der Waals surface area contributed by atoms with Crippen LogP contribution in [0.2, 0.25) is 0 Å². The number of hydrogen-bond acceptors (Lipinski definition) is 0. The summed E-state index contributed by atoms with van der Waals surface area (Å²) in [6, 6.07) is 0. The smallest absolute Gasteiger partial charge is 0.0248 e. The van der Waals surface area contributed by atoms with Gasteiger partial charge in [-0.3, -0.25) is 0 Å². The van der Waals surface area contributed by atoms with Crippen molar-refractivity contribution in [2.24, 2.45) is 0 Å². The average Bonchev–Trinajstić information content (AvgIpc) is 2.05. The van der Waals surface area contributed by atoms with Gasteiger partial charge in [-0.1, -0.05) is 36.8 Å². The maximum atomic E-state index is 3.70. The Bertz CT molecular complexity index is 149. The van der Waals surface area contributed by atoms with E-state index in [4.69, 9.17) is 0 Å². The van der Waals surface area contributed by atoms with Crippen LogP contribution in [-0.2, 0) is 0 Å². The number of hydrogen-bond donors (Lipinski definition) is 0. The second-order valence-electron chi connectivity index (χ2n) is 2.50. The van der Waals surface area contributed by atoms with Crippen LogP contribution in [0.1, 0.15) is 33.1 Å². The van der Waals surface area contributed by atoms with Crippen LogP contribution < -0.4 is 0 Å². The molecule has 0 aromatic rings. The van der Waals surface area contributed by atoms with Crippen LogP contribution in [-0.4, -0.2) is 0 Å². The highest BCUT2D eigenvalue weighted by Gasteiger charge is 1.86. The van der Waals surface area contributed by atoms with Crippen LogP contribution >= 0.6 is 0 Å². The van der Waals surface area contributed by atoms with Gasteiger partial charge in [-0.05, 0) is 26.2 Å². The summed E-state index contributed by atoms with van der Waals surface area (Å²) < 4.78 is 0. The molecule has 62 valence electrons. The molecule has 0 aliphatic carbocycles. The van der Waals surface area contributed by atoms with E-state index >= 15 is 0 Å². The molecule has 0 aliphatic heterocycles. The van der Waals surface area contributed by atoms with E-state index in [-0.39, 0.29) is 0 Å². The summed E-state index contributed by atoms with van der Waals surface area (Å²) in [6.07, 6.45) is 11.8. The van der Waals surface area contributed by atoms with Crippen LogP contribution in [0.25, 0.3) is 0 Å². The Balaban J connectivity index is 3.77. The molecule has 0 aliphatic rings. The van der Waals surface area contributed by atoms with Crippen LogP contribution in [0, 0.1) is 0 Å². The standard InChI is InChI=1S/C11H18/c1-4-7-9-11(6-3)10-8-5-2/h4,6,8,10H,1,5,7,9H2,2-3H3. The topological polar surface area (TPSA) is 0 Å². The zero-order valence-corrected chi connectivity index (χ0v) is 7.64. The third-order valence-electron chi connectivity index (χ3n) is 1.58. The third-order valence-corrected chi connectivity index (χ3v) is 1.58. The molecule has 0 amide bonds. The molecule has 0 aromatic heterocycles. The third kappa shape index (κ3) is 5.65. The second kappa shape index (κ2) is 7.33. The predicted octanol–water partition coefficient (Wildman–Crippen LogP) is 3.87. The van der Waals surface area contributed by atoms with Crippen molar-refractivity contribution in [1.29, 1.82) is 0 Å². The summed E-state index contributed by atoms with van der Waals surface area (Å²) in [5, 5.41) is 0. The lowest BCUT2D eigenvalue weighted by atomic mass is 10.1. The van der Waals surface area contributed by atoms with E-state index in [1.165, 1.54) is 5.57 Å². The summed E-state index contributed by atoms with van der Waals surface area (Å²) in [7, 11) is 0. The van der Waals surface area contributed by atoms with Gasteiger partial charge in [0.15, 0.2) is 0 Å². The summed E-state index contributed by atoms with van der Waals surface area (Å²) in [5.74, 6) is 0. The van der Waals surface area contributed by atoms with Gasteiger partial charge in [0.05, 0.1) is 0 Å². The Morgan fingerprint density at radius 2 is 2.18 bits per heavy atom. The van der Waals surface area contributed by atoms with E-state index in [0.29, 0.717) is 0 Å². The number of rotatable bonds is 5. The fourth-order valence-corrected chi connectivity index (χ4v) is 0.862. The molecule has 0 N–H and O–H groups in total. The molecular formula is C11H18. The molecule has 0 rings (SSSR count). The monoisotopic (exact) mass is 150 g/mol. The zero-order chi connectivity index (χ0) is 8.53. The van der Waals surface area contributed by atoms with Gasteiger partial charge in [-0.25, -0.2) is 0 Å². The average molecular weight is 150 g/mol. The van der Waals surface area contributed by atoms with Gasteiger partial charge < -0.3 is 0 Å². The Hall–Kier alpha value is -0.780. The first kappa shape index (κ1) is 10.2. The first-order valence-corrected chi connectivity index (χ1v) is 4.27. The van der Waals surface area contributed by atoms with Crippen molar-refractivity contribution in [1.82, 2.24) is 0 Å². The lowest BCUT2D eigenvalue weighted by molar-refractivity contribution is 1.00. The maximum Gasteiger partial charge on any atom is -0.0248 e. The molecule has 0 fully saturated rings. The molecule has 0 atom stereocenters. The zero-order valence-electron chi connectivity index (χ0n) is 7.64. The van der Waals surface area contributed by atoms with Crippen molar-refractivity contribution in [3.8, 4) is 0 Å². The van der Waals surface area contributed by atoms with Crippen LogP contribution in [0.5, 0.6) is 0 Å². The lowest BCUT2D eigenvalue weighted by Crippen LogP contribution is -1.76. The highest BCUT2D eigenvalue weighted by atomic mass is 13.9. The molecule has 0 heterocycles. The van der Waals surface area contributed by atoms with Gasteiger partial charge in [0, 0.05) is 0 Å². The Kier molecular flexibility index (Phi) is 6.81. The van der Waals surface area contributed by atoms with E-state index in [0.717, 1.165) is 19.3 Å². The maximum absolute atomic E-state index is 3.70. The minimum atomic E-state index is 1.08. The molecule has 0 bridgehead atoms. The largest absolute Gasteiger partial charge is 0.103 e. The second-order valence-corrected chi connectivity index (χ2v) is 2.50. The van der Waals surface area contributed by atoms with Crippen LogP contribution in [0.3, 0.4) is 0 Å². The van der Waals surface area contributed by atoms with Gasteiger partial charge in [0.25, 0.3) is 0 Å². The highest BCUT2D eigenvalue weighted by molar-refractivity contribution is 5.17. The van der Waals surface area contributed by atoms with Crippen molar-refractivity contribution in [3.05, 3.63) is 36.5 Å². The molecule has 11 heavy (non-hydrogen) atoms. The fourth-order valence-electron chi connectivity index (χ4n) is 0.862. The van der Waals surface area contributed by atoms with Crippen LogP contribution in [0.15, 0.2) is 36.5 Å². The quantitative estimate of drug-likeness (QED) is 0.412. The fraction of sp³-hybridized carbons (Fsp3) is 0.455. The van der Waals surface area contributed by atoms with E-state index < -0.39 is 0 Å². The van der Waals surface area contributed by atoms with E-state index in [9.17, 15) is 0 Å². The van der Waals surface area contributed by atoms with Crippen molar-refractivity contribution in [2.45, 2.75) is 33.1 Å². The molecule has 0 saturated carbocycles. The Labute approximate surface area is 70.3 Å². The molecular weight excluding hydrogens is 132 g/mol. The minimum absolute atomic E-state index is 1.08. The highest BCUT2D eigenvalue weighted by Crippen LogP contribution is 2.07. The summed E-state index contributed by atoms with van der Waals surface area (Å²) in [5.41, 5.74) is 1.41. The van der Waals surface area contributed by atoms with Crippen molar-refractivity contribution < 1.29 is 0 Å². The summed E-state index contributed by atoms with van der Waals surface area (Å²) in [4.78, 5) is 0. The van der Waals surface area contributed by atoms with Gasteiger partial charge >= 0.3 is 0 Å². The SMILES string of the molecule is C=CCCC(C=CCC)=CC. The predicted molar refractivity (Wildman–Crippen MR) is 52.6 cm³/mol. The van der Waals surface area contributed by atoms with Crippen molar-refractivity contribution in [3.63, 3.8) is 0 Å². The molecule has 0 nitrogen and oxygen atoms in total. The Morgan fingerprint density at radius 1 is 1.45 bits per heavy atom. The minimum Gasteiger partial charge on any atom is -0.103 e. The van der Waals surface area contributed by atoms with Crippen molar-refractivity contribution in [2.75, 3.05) is 0 Å². The number of allylic oxidation sites excluding steroid dienone is 5. The van der Waals surface area contributed by atoms with E-state index in [2.05, 4.69) is 38.7 Å². The Morgan fingerprint density at radius 3 is 2.64 bits per heavy atom. The van der Waals surface area contributed by atoms with Gasteiger partial charge in [-0.2, -0.15) is 0 Å². The molecule has 0 spiro atoms. The normalized spacial score (nSPS) is 12.4. The molecule has 0 saturated heterocycles. The molecule has 0 heteroatoms. The van der Waals surface area contributed by atoms with Gasteiger partial charge in [-0.15, -0.1) is 6.58 Å². The van der Waals surface area contributed by atoms with Gasteiger partial charge in [0.2, 0.25) is 0 Å². The molecule has 0 aromatic carbocycles. The lowest BCUT2D eigenvalue weighted by Gasteiger charge is -1.96. The first-order chi connectivity index (χ1) is 5.35. The van der Waals surface area contributed by atoms with Crippen LogP contribution in [0.4, 0.5) is 0 Å². The molecule has 0 unspecified atom stereocenters. The molecule has 0 radical (unpaired) electrons. The summed E-state index contributed by atoms with van der Waals surface area (Å²) in [6.45, 7) is 7.93. The summed E-state index contributed by atoms with van der Waals surface area (Å²) >= 11 is 0. The van der Waals surface area contributed by atoms with Gasteiger partial charge in [0.1, 0.15) is 0 Å². The van der Waals surface area contributed by atoms with E-state index in [1.54, 1.807) is 0 Å².